The summed E-state index contributed by atoms with van der Waals surface area (Å²) in [4.78, 5) is 0. The van der Waals surface area contributed by atoms with Crippen molar-refractivity contribution in [1.29, 1.82) is 0 Å². The van der Waals surface area contributed by atoms with E-state index in [1.54, 1.807) is 20.3 Å². The minimum atomic E-state index is -0.267. The predicted molar refractivity (Wildman–Crippen MR) is 54.9 cm³/mol. The van der Waals surface area contributed by atoms with Crippen molar-refractivity contribution in [3.8, 4) is 10.8 Å². The molecule has 2 aromatic rings. The van der Waals surface area contributed by atoms with Gasteiger partial charge in [0.15, 0.2) is 5.75 Å². The molecule has 0 atom stereocenters. The molecule has 0 aliphatic carbocycles. The van der Waals surface area contributed by atoms with Crippen molar-refractivity contribution in [2.45, 2.75) is 0 Å². The number of fused-ring (bicyclic) bond motifs is 1. The summed E-state index contributed by atoms with van der Waals surface area (Å²) in [6.45, 7) is 0. The lowest BCUT2D eigenvalue weighted by Gasteiger charge is -2.00. The molecule has 0 N–H and O–H groups in total. The molecule has 74 valence electrons. The lowest BCUT2D eigenvalue weighted by atomic mass is 10.2. The van der Waals surface area contributed by atoms with Gasteiger partial charge in [-0.15, -0.1) is 0 Å². The average Bonchev–Trinajstić information content (AvgIpc) is 2.54. The van der Waals surface area contributed by atoms with Gasteiger partial charge in [0.2, 0.25) is 5.06 Å². The topological polar surface area (TPSA) is 18.5 Å². The van der Waals surface area contributed by atoms with Gasteiger partial charge in [0.1, 0.15) is 5.82 Å². The van der Waals surface area contributed by atoms with E-state index in [4.69, 9.17) is 9.47 Å². The zero-order valence-electron chi connectivity index (χ0n) is 7.83. The maximum atomic E-state index is 13.0. The molecule has 2 rings (SSSR count). The number of hydrogen-bond acceptors (Lipinski definition) is 3. The van der Waals surface area contributed by atoms with Crippen LogP contribution in [0, 0.1) is 5.82 Å². The van der Waals surface area contributed by atoms with E-state index in [0.717, 1.165) is 10.1 Å². The lowest BCUT2D eigenvalue weighted by molar-refractivity contribution is 0.367. The van der Waals surface area contributed by atoms with Gasteiger partial charge >= 0.3 is 0 Å². The van der Waals surface area contributed by atoms with E-state index in [9.17, 15) is 4.39 Å². The first-order valence-corrected chi connectivity index (χ1v) is 4.88. The molecule has 0 aliphatic rings. The Bertz CT molecular complexity index is 464. The Balaban J connectivity index is 2.74. The van der Waals surface area contributed by atoms with Gasteiger partial charge in [-0.2, -0.15) is 0 Å². The molecule has 0 spiro atoms. The molecule has 0 fully saturated rings. The highest BCUT2D eigenvalue weighted by molar-refractivity contribution is 7.21. The van der Waals surface area contributed by atoms with Crippen LogP contribution in [0.5, 0.6) is 10.8 Å². The number of rotatable bonds is 2. The summed E-state index contributed by atoms with van der Waals surface area (Å²) in [5.74, 6) is 0.336. The Morgan fingerprint density at radius 3 is 2.64 bits per heavy atom. The van der Waals surface area contributed by atoms with Crippen molar-refractivity contribution in [2.75, 3.05) is 14.2 Å². The summed E-state index contributed by atoms with van der Waals surface area (Å²) in [7, 11) is 3.12. The molecular formula is C10H9FO2S. The summed E-state index contributed by atoms with van der Waals surface area (Å²) in [6.07, 6.45) is 0. The maximum Gasteiger partial charge on any atom is 0.217 e. The lowest BCUT2D eigenvalue weighted by Crippen LogP contribution is -1.85. The summed E-state index contributed by atoms with van der Waals surface area (Å²) >= 11 is 1.44. The highest BCUT2D eigenvalue weighted by Crippen LogP contribution is 2.43. The summed E-state index contributed by atoms with van der Waals surface area (Å²) < 4.78 is 24.2. The van der Waals surface area contributed by atoms with Crippen LogP contribution in [0.1, 0.15) is 0 Å². The van der Waals surface area contributed by atoms with Gasteiger partial charge in [-0.1, -0.05) is 11.3 Å². The number of ether oxygens (including phenoxy) is 2. The second kappa shape index (κ2) is 3.46. The van der Waals surface area contributed by atoms with E-state index in [1.165, 1.54) is 23.5 Å². The molecule has 1 aromatic carbocycles. The second-order valence-electron chi connectivity index (χ2n) is 2.77. The zero-order valence-corrected chi connectivity index (χ0v) is 8.65. The largest absolute Gasteiger partial charge is 0.491 e. The van der Waals surface area contributed by atoms with Crippen molar-refractivity contribution >= 4 is 21.4 Å². The van der Waals surface area contributed by atoms with Crippen LogP contribution < -0.4 is 9.47 Å². The number of halogens is 1. The van der Waals surface area contributed by atoms with E-state index in [1.807, 2.05) is 0 Å². The van der Waals surface area contributed by atoms with Crippen LogP contribution in [0.4, 0.5) is 4.39 Å². The number of thiophene rings is 1. The van der Waals surface area contributed by atoms with Crippen LogP contribution in [0.15, 0.2) is 18.2 Å². The van der Waals surface area contributed by atoms with E-state index in [0.29, 0.717) is 10.8 Å². The fourth-order valence-electron chi connectivity index (χ4n) is 1.35. The molecule has 0 amide bonds. The molecule has 0 saturated heterocycles. The van der Waals surface area contributed by atoms with Gasteiger partial charge in [0.25, 0.3) is 0 Å². The fraction of sp³-hybridized carbons (Fsp3) is 0.200. The van der Waals surface area contributed by atoms with Gasteiger partial charge in [0, 0.05) is 10.1 Å². The Morgan fingerprint density at radius 1 is 1.21 bits per heavy atom. The number of methoxy groups -OCH3 is 2. The molecule has 0 unspecified atom stereocenters. The molecule has 14 heavy (non-hydrogen) atoms. The minimum Gasteiger partial charge on any atom is -0.491 e. The van der Waals surface area contributed by atoms with E-state index in [2.05, 4.69) is 0 Å². The maximum absolute atomic E-state index is 13.0. The molecule has 0 saturated carbocycles. The predicted octanol–water partition coefficient (Wildman–Crippen LogP) is 3.06. The third kappa shape index (κ3) is 1.32. The zero-order chi connectivity index (χ0) is 10.1. The van der Waals surface area contributed by atoms with E-state index in [-0.39, 0.29) is 5.82 Å². The number of benzene rings is 1. The van der Waals surface area contributed by atoms with Crippen LogP contribution in [-0.2, 0) is 0 Å². The first kappa shape index (κ1) is 9.27. The normalized spacial score (nSPS) is 10.5. The monoisotopic (exact) mass is 212 g/mol. The van der Waals surface area contributed by atoms with Gasteiger partial charge in [-0.3, -0.25) is 0 Å². The molecule has 4 heteroatoms. The fourth-order valence-corrected chi connectivity index (χ4v) is 2.32. The molecule has 0 bridgehead atoms. The van der Waals surface area contributed by atoms with E-state index >= 15 is 0 Å². The van der Waals surface area contributed by atoms with Crippen LogP contribution in [0.25, 0.3) is 10.1 Å². The quantitative estimate of drug-likeness (QED) is 0.761. The second-order valence-corrected chi connectivity index (χ2v) is 3.78. The Hall–Kier alpha value is -1.29. The molecule has 2 nitrogen and oxygen atoms in total. The molecule has 1 aromatic heterocycles. The average molecular weight is 212 g/mol. The molecule has 0 aliphatic heterocycles. The third-order valence-electron chi connectivity index (χ3n) is 1.96. The number of hydrogen-bond donors (Lipinski definition) is 0. The first-order chi connectivity index (χ1) is 6.76. The SMILES string of the molecule is COc1sc2ccc(F)cc2c1OC. The molecule has 0 radical (unpaired) electrons. The van der Waals surface area contributed by atoms with Crippen molar-refractivity contribution < 1.29 is 13.9 Å². The summed E-state index contributed by atoms with van der Waals surface area (Å²) in [5, 5.41) is 1.43. The van der Waals surface area contributed by atoms with Crippen molar-refractivity contribution in [3.05, 3.63) is 24.0 Å². The minimum absolute atomic E-state index is 0.267. The highest BCUT2D eigenvalue weighted by atomic mass is 32.1. The van der Waals surface area contributed by atoms with Crippen LogP contribution in [0.3, 0.4) is 0 Å². The van der Waals surface area contributed by atoms with E-state index < -0.39 is 0 Å². The third-order valence-corrected chi connectivity index (χ3v) is 3.08. The highest BCUT2D eigenvalue weighted by Gasteiger charge is 2.13. The van der Waals surface area contributed by atoms with Gasteiger partial charge in [0.05, 0.1) is 14.2 Å². The smallest absolute Gasteiger partial charge is 0.217 e. The molecular weight excluding hydrogens is 203 g/mol. The first-order valence-electron chi connectivity index (χ1n) is 4.06. The Kier molecular flexibility index (Phi) is 2.29. The Morgan fingerprint density at radius 2 is 2.00 bits per heavy atom. The summed E-state index contributed by atoms with van der Waals surface area (Å²) in [6, 6.07) is 4.60. The standard InChI is InChI=1S/C10H9FO2S/c1-12-9-7-5-6(11)3-4-8(7)14-10(9)13-2/h3-5H,1-2H3. The Labute approximate surface area is 84.9 Å². The van der Waals surface area contributed by atoms with Gasteiger partial charge < -0.3 is 9.47 Å². The van der Waals surface area contributed by atoms with Crippen molar-refractivity contribution in [1.82, 2.24) is 0 Å². The molecule has 1 heterocycles. The van der Waals surface area contributed by atoms with Crippen LogP contribution in [0.2, 0.25) is 0 Å². The van der Waals surface area contributed by atoms with Crippen LogP contribution >= 0.6 is 11.3 Å². The van der Waals surface area contributed by atoms with Crippen LogP contribution in [-0.4, -0.2) is 14.2 Å². The van der Waals surface area contributed by atoms with Gasteiger partial charge in [-0.25, -0.2) is 4.39 Å². The van der Waals surface area contributed by atoms with Gasteiger partial charge in [-0.05, 0) is 18.2 Å². The summed E-state index contributed by atoms with van der Waals surface area (Å²) in [5.41, 5.74) is 0. The van der Waals surface area contributed by atoms with Crippen molar-refractivity contribution in [2.24, 2.45) is 0 Å². The van der Waals surface area contributed by atoms with Crippen molar-refractivity contribution in [3.63, 3.8) is 0 Å².